The van der Waals surface area contributed by atoms with Crippen molar-refractivity contribution in [2.45, 2.75) is 31.8 Å². The number of Topliss-reactive ketones (excluding diaryl/α,β-unsaturated/α-hetero) is 1. The highest BCUT2D eigenvalue weighted by molar-refractivity contribution is 7.59. The molecule has 0 aromatic rings. The van der Waals surface area contributed by atoms with Crippen molar-refractivity contribution in [2.24, 2.45) is 0 Å². The van der Waals surface area contributed by atoms with E-state index in [4.69, 9.17) is 24.2 Å². The summed E-state index contributed by atoms with van der Waals surface area (Å²) in [5, 5.41) is 0. The van der Waals surface area contributed by atoms with Crippen LogP contribution in [0.15, 0.2) is 0 Å². The first-order valence-corrected chi connectivity index (χ1v) is 7.38. The van der Waals surface area contributed by atoms with Crippen LogP contribution < -0.4 is 0 Å². The monoisotopic (exact) mass is 295 g/mol. The van der Waals surface area contributed by atoms with Crippen molar-refractivity contribution >= 4 is 25.7 Å². The molecule has 0 amide bonds. The third-order valence-electron chi connectivity index (χ3n) is 2.50. The van der Waals surface area contributed by atoms with E-state index in [1.807, 2.05) is 0 Å². The second-order valence-electron chi connectivity index (χ2n) is 4.64. The Balaban J connectivity index is 2.46. The van der Waals surface area contributed by atoms with E-state index in [0.29, 0.717) is 6.42 Å². The predicted octanol–water partition coefficient (Wildman–Crippen LogP) is -0.676. The van der Waals surface area contributed by atoms with E-state index in [9.17, 15) is 14.4 Å². The molecule has 0 saturated carbocycles. The van der Waals surface area contributed by atoms with Gasteiger partial charge in [0.1, 0.15) is 12.0 Å². The van der Waals surface area contributed by atoms with E-state index in [0.717, 1.165) is 0 Å². The Morgan fingerprint density at radius 3 is 2.58 bits per heavy atom. The molecule has 0 radical (unpaired) electrons. The number of carbonyl (C=O) groups excluding carboxylic acids is 3. The molecule has 0 aromatic heterocycles. The summed E-state index contributed by atoms with van der Waals surface area (Å²) in [5.74, 6) is -2.21. The molecule has 0 aliphatic carbocycles. The van der Waals surface area contributed by atoms with Gasteiger partial charge in [0, 0.05) is 6.42 Å². The molecule has 1 heterocycles. The van der Waals surface area contributed by atoms with Crippen molar-refractivity contribution in [2.75, 3.05) is 12.8 Å². The van der Waals surface area contributed by atoms with Crippen molar-refractivity contribution in [3.05, 3.63) is 0 Å². The fraction of sp³-hybridized carbons (Fsp3) is 0.700. The summed E-state index contributed by atoms with van der Waals surface area (Å²) in [4.78, 5) is 59.9. The first-order valence-electron chi connectivity index (χ1n) is 5.55. The Morgan fingerprint density at radius 1 is 1.42 bits per heavy atom. The molecule has 0 aromatic carbocycles. The van der Waals surface area contributed by atoms with Gasteiger partial charge in [-0.05, 0) is 6.92 Å². The van der Waals surface area contributed by atoms with E-state index < -0.39 is 43.8 Å². The molecule has 0 spiro atoms. The molecule has 1 rings (SSSR count). The molecule has 9 heteroatoms. The molecular weight excluding hydrogens is 279 g/mol. The summed E-state index contributed by atoms with van der Waals surface area (Å²) in [7, 11) is -4.23. The van der Waals surface area contributed by atoms with Crippen LogP contribution in [0.25, 0.3) is 0 Å². The van der Waals surface area contributed by atoms with E-state index >= 15 is 0 Å². The highest BCUT2D eigenvalue weighted by atomic mass is 31.2. The maximum atomic E-state index is 11.5. The normalized spacial score (nSPS) is 23.7. The average molecular weight is 295 g/mol. The van der Waals surface area contributed by atoms with Crippen LogP contribution in [-0.2, 0) is 23.9 Å². The summed E-state index contributed by atoms with van der Waals surface area (Å²) < 4.78 is 9.75. The van der Waals surface area contributed by atoms with Gasteiger partial charge in [-0.15, -0.1) is 0 Å². The zero-order chi connectivity index (χ0) is 14.7. The summed E-state index contributed by atoms with van der Waals surface area (Å²) in [6.45, 7) is 1.69. The maximum Gasteiger partial charge on any atom is 0.411 e. The second-order valence-corrected chi connectivity index (χ2v) is 6.34. The Hall–Kier alpha value is -1.08. The lowest BCUT2D eigenvalue weighted by atomic mass is 9.96. The first kappa shape index (κ1) is 16.0. The summed E-state index contributed by atoms with van der Waals surface area (Å²) in [5.41, 5.74) is -1.02. The van der Waals surface area contributed by atoms with Gasteiger partial charge in [-0.1, -0.05) is 0 Å². The quantitative estimate of drug-likeness (QED) is 0.345. The fourth-order valence-electron chi connectivity index (χ4n) is 1.68. The molecule has 1 fully saturated rings. The molecule has 0 bridgehead atoms. The van der Waals surface area contributed by atoms with E-state index in [-0.39, 0.29) is 13.0 Å². The van der Waals surface area contributed by atoms with Crippen LogP contribution in [0.2, 0.25) is 0 Å². The van der Waals surface area contributed by atoms with Crippen LogP contribution in [-0.4, -0.2) is 50.8 Å². The lowest BCUT2D eigenvalue weighted by Gasteiger charge is -2.31. The van der Waals surface area contributed by atoms with Gasteiger partial charge in [0.2, 0.25) is 0 Å². The van der Waals surface area contributed by atoms with Crippen LogP contribution in [0.1, 0.15) is 26.2 Å². The van der Waals surface area contributed by atoms with Crippen molar-refractivity contribution < 1.29 is 38.5 Å². The van der Waals surface area contributed by atoms with Gasteiger partial charge >= 0.3 is 19.9 Å². The smallest absolute Gasteiger partial charge is 0.411 e. The number of hydrogen-bond acceptors (Lipinski definition) is 8. The van der Waals surface area contributed by atoms with Gasteiger partial charge < -0.3 is 9.47 Å². The standard InChI is InChI=1S/C10H16O8P/c1-10(2-3-17-9(13)5-10)18-8(12)4-7(11)6-19(14,15)16/h14-16H,2-6H2,1H3/q+1. The molecule has 1 saturated heterocycles. The molecule has 108 valence electrons. The minimum absolute atomic E-state index is 0.0934. The average Bonchev–Trinajstić information content (AvgIpc) is 2.11. The van der Waals surface area contributed by atoms with Crippen LogP contribution in [0.3, 0.4) is 0 Å². The Morgan fingerprint density at radius 2 is 2.05 bits per heavy atom. The number of esters is 2. The minimum atomic E-state index is -4.23. The van der Waals surface area contributed by atoms with Crippen molar-refractivity contribution in [3.63, 3.8) is 0 Å². The molecule has 1 unspecified atom stereocenters. The molecule has 1 aliphatic rings. The summed E-state index contributed by atoms with van der Waals surface area (Å²) >= 11 is 0. The van der Waals surface area contributed by atoms with Crippen LogP contribution in [0.4, 0.5) is 0 Å². The number of rotatable bonds is 5. The topological polar surface area (TPSA) is 130 Å². The van der Waals surface area contributed by atoms with E-state index in [1.165, 1.54) is 0 Å². The number of hydrogen-bond donors (Lipinski definition) is 3. The van der Waals surface area contributed by atoms with Gasteiger partial charge in [-0.2, -0.15) is 14.7 Å². The first-order chi connectivity index (χ1) is 8.60. The maximum absolute atomic E-state index is 11.5. The van der Waals surface area contributed by atoms with E-state index in [1.54, 1.807) is 6.92 Å². The van der Waals surface area contributed by atoms with E-state index in [2.05, 4.69) is 0 Å². The number of cyclic esters (lactones) is 1. The molecule has 19 heavy (non-hydrogen) atoms. The zero-order valence-corrected chi connectivity index (χ0v) is 11.3. The largest absolute Gasteiger partial charge is 0.465 e. The third-order valence-corrected chi connectivity index (χ3v) is 3.28. The van der Waals surface area contributed by atoms with Gasteiger partial charge in [-0.25, -0.2) is 0 Å². The lowest BCUT2D eigenvalue weighted by Crippen LogP contribution is -2.40. The predicted molar refractivity (Wildman–Crippen MR) is 62.8 cm³/mol. The number of carbonyl (C=O) groups is 3. The zero-order valence-electron chi connectivity index (χ0n) is 10.4. The lowest BCUT2D eigenvalue weighted by molar-refractivity contribution is -0.175. The van der Waals surface area contributed by atoms with Crippen molar-refractivity contribution in [3.8, 4) is 0 Å². The van der Waals surface area contributed by atoms with Crippen molar-refractivity contribution in [1.82, 2.24) is 0 Å². The highest BCUT2D eigenvalue weighted by Crippen LogP contribution is 2.44. The fourth-order valence-corrected chi connectivity index (χ4v) is 2.26. The summed E-state index contributed by atoms with van der Waals surface area (Å²) in [6.07, 6.45) is -1.34. The Kier molecular flexibility index (Phi) is 4.98. The molecule has 1 aliphatic heterocycles. The van der Waals surface area contributed by atoms with Gasteiger partial charge in [0.15, 0.2) is 11.9 Å². The minimum Gasteiger partial charge on any atom is -0.465 e. The molecule has 8 nitrogen and oxygen atoms in total. The number of ketones is 1. The summed E-state index contributed by atoms with van der Waals surface area (Å²) in [6, 6.07) is 0. The Bertz CT molecular complexity index is 387. The van der Waals surface area contributed by atoms with Crippen molar-refractivity contribution in [1.29, 1.82) is 0 Å². The van der Waals surface area contributed by atoms with Crippen LogP contribution in [0, 0.1) is 0 Å². The SMILES string of the molecule is CC1(OC(=O)CC(=O)C[P+](O)(O)O)CCOC(=O)C1. The van der Waals surface area contributed by atoms with Gasteiger partial charge in [-0.3, -0.25) is 14.4 Å². The van der Waals surface area contributed by atoms with Gasteiger partial charge in [0.05, 0.1) is 13.0 Å². The Labute approximate surface area is 109 Å². The third kappa shape index (κ3) is 6.07. The van der Waals surface area contributed by atoms with Crippen LogP contribution >= 0.6 is 7.94 Å². The molecule has 3 N–H and O–H groups in total. The molecule has 1 atom stereocenters. The highest BCUT2D eigenvalue weighted by Gasteiger charge is 2.38. The second kappa shape index (κ2) is 5.92. The van der Waals surface area contributed by atoms with Crippen LogP contribution in [0.5, 0.6) is 0 Å². The number of ether oxygens (including phenoxy) is 2. The van der Waals surface area contributed by atoms with Gasteiger partial charge in [0.25, 0.3) is 0 Å². The molecular formula is C10H16O8P+.